The summed E-state index contributed by atoms with van der Waals surface area (Å²) in [6.45, 7) is 1.70. The fourth-order valence-corrected chi connectivity index (χ4v) is 4.69. The molecule has 3 aromatic carbocycles. The van der Waals surface area contributed by atoms with Gasteiger partial charge < -0.3 is 9.47 Å². The number of esters is 2. The molecule has 35 heavy (non-hydrogen) atoms. The number of benzene rings is 3. The van der Waals surface area contributed by atoms with Crippen molar-refractivity contribution < 1.29 is 31.7 Å². The van der Waals surface area contributed by atoms with Crippen molar-refractivity contribution in [3.8, 4) is 0 Å². The van der Waals surface area contributed by atoms with Gasteiger partial charge in [0, 0.05) is 5.41 Å². The van der Waals surface area contributed by atoms with E-state index in [9.17, 15) is 18.0 Å². The summed E-state index contributed by atoms with van der Waals surface area (Å²) >= 11 is 0. The molecule has 1 unspecified atom stereocenters. The largest absolute Gasteiger partial charge is 0.461 e. The Morgan fingerprint density at radius 2 is 1.29 bits per heavy atom. The fourth-order valence-electron chi connectivity index (χ4n) is 3.74. The first-order chi connectivity index (χ1) is 16.8. The van der Waals surface area contributed by atoms with Crippen LogP contribution in [0.25, 0.3) is 0 Å². The molecule has 3 aromatic rings. The molecule has 1 aliphatic rings. The van der Waals surface area contributed by atoms with Gasteiger partial charge in [0.15, 0.2) is 0 Å². The molecule has 4 rings (SSSR count). The van der Waals surface area contributed by atoms with Gasteiger partial charge in [-0.15, -0.1) is 0 Å². The summed E-state index contributed by atoms with van der Waals surface area (Å²) in [4.78, 5) is 25.0. The smallest absolute Gasteiger partial charge is 0.338 e. The normalized spacial score (nSPS) is 16.3. The topological polar surface area (TPSA) is 96.0 Å². The predicted molar refractivity (Wildman–Crippen MR) is 128 cm³/mol. The molecule has 0 aromatic heterocycles. The van der Waals surface area contributed by atoms with Crippen molar-refractivity contribution in [3.63, 3.8) is 0 Å². The Morgan fingerprint density at radius 1 is 0.800 bits per heavy atom. The Hall–Kier alpha value is -3.49. The van der Waals surface area contributed by atoms with Crippen molar-refractivity contribution in [2.75, 3.05) is 19.8 Å². The van der Waals surface area contributed by atoms with E-state index in [0.717, 1.165) is 5.56 Å². The molecule has 0 aliphatic heterocycles. The van der Waals surface area contributed by atoms with E-state index in [4.69, 9.17) is 13.7 Å². The number of carbonyl (C=O) groups is 2. The Bertz CT molecular complexity index is 1210. The molecule has 8 heteroatoms. The zero-order chi connectivity index (χ0) is 24.9. The molecule has 0 bridgehead atoms. The third-order valence-electron chi connectivity index (χ3n) is 6.09. The second-order valence-electron chi connectivity index (χ2n) is 8.70. The maximum Gasteiger partial charge on any atom is 0.338 e. The average Bonchev–Trinajstić information content (AvgIpc) is 3.59. The summed E-state index contributed by atoms with van der Waals surface area (Å²) in [5, 5.41) is 0. The number of hydrogen-bond donors (Lipinski definition) is 0. The first kappa shape index (κ1) is 24.6. The van der Waals surface area contributed by atoms with Gasteiger partial charge in [0.25, 0.3) is 10.1 Å². The minimum absolute atomic E-state index is 0.0264. The quantitative estimate of drug-likeness (QED) is 0.304. The van der Waals surface area contributed by atoms with E-state index in [1.54, 1.807) is 72.8 Å². The summed E-state index contributed by atoms with van der Waals surface area (Å²) in [6, 6.07) is 23.5. The minimum atomic E-state index is -3.95. The monoisotopic (exact) mass is 494 g/mol. The van der Waals surface area contributed by atoms with E-state index in [0.29, 0.717) is 17.5 Å². The summed E-state index contributed by atoms with van der Waals surface area (Å²) in [5.41, 5.74) is 1.02. The lowest BCUT2D eigenvalue weighted by Crippen LogP contribution is -2.26. The van der Waals surface area contributed by atoms with Crippen molar-refractivity contribution in [3.05, 3.63) is 102 Å². The first-order valence-corrected chi connectivity index (χ1v) is 12.6. The van der Waals surface area contributed by atoms with Crippen LogP contribution >= 0.6 is 0 Å². The Balaban J connectivity index is 1.42. The molecule has 0 N–H and O–H groups in total. The van der Waals surface area contributed by atoms with Gasteiger partial charge >= 0.3 is 11.9 Å². The second kappa shape index (κ2) is 10.4. The fraction of sp³-hybridized carbons (Fsp3) is 0.259. The SMILES string of the molecule is Cc1ccc(S(=O)(=O)OCC2CC2(COC(=O)c2ccccc2)COC(=O)c2ccccc2)cc1. The Morgan fingerprint density at radius 3 is 1.77 bits per heavy atom. The zero-order valence-electron chi connectivity index (χ0n) is 19.3. The van der Waals surface area contributed by atoms with Crippen LogP contribution in [0.4, 0.5) is 0 Å². The Kier molecular flexibility index (Phi) is 7.33. The maximum absolute atomic E-state index is 12.6. The molecule has 1 atom stereocenters. The summed E-state index contributed by atoms with van der Waals surface area (Å²) in [6.07, 6.45) is 0.487. The van der Waals surface area contributed by atoms with Crippen LogP contribution in [0, 0.1) is 18.3 Å². The number of ether oxygens (including phenoxy) is 2. The van der Waals surface area contributed by atoms with E-state index in [-0.39, 0.29) is 30.6 Å². The standard InChI is InChI=1S/C27H26O7S/c1-20-12-14-24(15-13-20)35(30,31)34-17-23-16-27(23,18-32-25(28)21-8-4-2-5-9-21)19-33-26(29)22-10-6-3-7-11-22/h2-15,23H,16-19H2,1H3. The number of rotatable bonds is 10. The van der Waals surface area contributed by atoms with E-state index in [2.05, 4.69) is 0 Å². The van der Waals surface area contributed by atoms with E-state index in [1.807, 2.05) is 6.92 Å². The van der Waals surface area contributed by atoms with Crippen LogP contribution in [-0.2, 0) is 23.8 Å². The second-order valence-corrected chi connectivity index (χ2v) is 10.3. The summed E-state index contributed by atoms with van der Waals surface area (Å²) < 4.78 is 41.5. The highest BCUT2D eigenvalue weighted by Gasteiger charge is 2.56. The lowest BCUT2D eigenvalue weighted by Gasteiger charge is -2.18. The van der Waals surface area contributed by atoms with Gasteiger partial charge in [0.05, 0.1) is 22.6 Å². The van der Waals surface area contributed by atoms with Crippen molar-refractivity contribution >= 4 is 22.1 Å². The van der Waals surface area contributed by atoms with Crippen LogP contribution in [0.2, 0.25) is 0 Å². The Labute approximate surface area is 204 Å². The first-order valence-electron chi connectivity index (χ1n) is 11.2. The lowest BCUT2D eigenvalue weighted by molar-refractivity contribution is 0.0164. The molecule has 0 radical (unpaired) electrons. The van der Waals surface area contributed by atoms with Gasteiger partial charge in [-0.3, -0.25) is 4.18 Å². The van der Waals surface area contributed by atoms with E-state index >= 15 is 0 Å². The van der Waals surface area contributed by atoms with Gasteiger partial charge in [0.2, 0.25) is 0 Å². The van der Waals surface area contributed by atoms with Crippen molar-refractivity contribution in [2.24, 2.45) is 11.3 Å². The molecule has 1 saturated carbocycles. The highest BCUT2D eigenvalue weighted by Crippen LogP contribution is 2.53. The highest BCUT2D eigenvalue weighted by molar-refractivity contribution is 7.86. The van der Waals surface area contributed by atoms with E-state index in [1.165, 1.54) is 12.1 Å². The van der Waals surface area contributed by atoms with Gasteiger partial charge in [0.1, 0.15) is 13.2 Å². The van der Waals surface area contributed by atoms with Gasteiger partial charge in [-0.25, -0.2) is 9.59 Å². The van der Waals surface area contributed by atoms with Gasteiger partial charge in [-0.1, -0.05) is 54.1 Å². The van der Waals surface area contributed by atoms with Crippen LogP contribution < -0.4 is 0 Å². The van der Waals surface area contributed by atoms with Crippen LogP contribution in [0.1, 0.15) is 32.7 Å². The summed E-state index contributed by atoms with van der Waals surface area (Å²) in [7, 11) is -3.95. The lowest BCUT2D eigenvalue weighted by atomic mass is 10.1. The van der Waals surface area contributed by atoms with Crippen molar-refractivity contribution in [1.29, 1.82) is 0 Å². The third-order valence-corrected chi connectivity index (χ3v) is 7.39. The van der Waals surface area contributed by atoms with Gasteiger partial charge in [-0.05, 0) is 55.7 Å². The molecule has 7 nitrogen and oxygen atoms in total. The third kappa shape index (κ3) is 6.15. The average molecular weight is 495 g/mol. The molecule has 182 valence electrons. The van der Waals surface area contributed by atoms with Crippen LogP contribution in [0.5, 0.6) is 0 Å². The molecular weight excluding hydrogens is 468 g/mol. The van der Waals surface area contributed by atoms with Crippen LogP contribution in [-0.4, -0.2) is 40.2 Å². The number of aryl methyl sites for hydroxylation is 1. The minimum Gasteiger partial charge on any atom is -0.461 e. The van der Waals surface area contributed by atoms with Gasteiger partial charge in [-0.2, -0.15) is 8.42 Å². The van der Waals surface area contributed by atoms with Crippen LogP contribution in [0.15, 0.2) is 89.8 Å². The molecule has 0 saturated heterocycles. The van der Waals surface area contributed by atoms with Crippen molar-refractivity contribution in [2.45, 2.75) is 18.2 Å². The molecule has 1 fully saturated rings. The molecule has 0 amide bonds. The maximum atomic E-state index is 12.6. The molecule has 0 heterocycles. The zero-order valence-corrected chi connectivity index (χ0v) is 20.1. The molecule has 1 aliphatic carbocycles. The highest BCUT2D eigenvalue weighted by atomic mass is 32.2. The van der Waals surface area contributed by atoms with E-state index < -0.39 is 27.5 Å². The van der Waals surface area contributed by atoms with Crippen LogP contribution in [0.3, 0.4) is 0 Å². The molecular formula is C27H26O7S. The number of hydrogen-bond acceptors (Lipinski definition) is 7. The summed E-state index contributed by atoms with van der Waals surface area (Å²) in [5.74, 6) is -1.27. The predicted octanol–water partition coefficient (Wildman–Crippen LogP) is 4.42. The van der Waals surface area contributed by atoms with Crippen molar-refractivity contribution in [1.82, 2.24) is 0 Å². The number of carbonyl (C=O) groups excluding carboxylic acids is 2. The molecule has 0 spiro atoms.